The normalized spacial score (nSPS) is 26.8. The minimum Gasteiger partial charge on any atom is -0.476 e. The molecule has 2 atom stereocenters. The van der Waals surface area contributed by atoms with E-state index in [9.17, 15) is 14.7 Å². The number of allylic oxidation sites excluding steroid dienone is 1. The van der Waals surface area contributed by atoms with Crippen molar-refractivity contribution in [1.29, 1.82) is 0 Å². The van der Waals surface area contributed by atoms with Gasteiger partial charge >= 0.3 is 5.97 Å². The number of anilines is 2. The average molecular weight is 792 g/mol. The molecule has 12 nitrogen and oxygen atoms in total. The number of aromatic nitrogens is 2. The minimum atomic E-state index is -1.15. The summed E-state index contributed by atoms with van der Waals surface area (Å²) in [5.41, 5.74) is 11.3. The van der Waals surface area contributed by atoms with Crippen molar-refractivity contribution in [2.45, 2.75) is 77.9 Å². The van der Waals surface area contributed by atoms with E-state index in [1.165, 1.54) is 24.0 Å². The number of hydrogen-bond acceptors (Lipinski definition) is 11. The Balaban J connectivity index is 1.00. The summed E-state index contributed by atoms with van der Waals surface area (Å²) in [5, 5.41) is 26.4. The number of carboxylic acids is 1. The highest BCUT2D eigenvalue weighted by Crippen LogP contribution is 2.71. The maximum atomic E-state index is 13.6. The summed E-state index contributed by atoms with van der Waals surface area (Å²) in [6, 6.07) is 17.2. The first kappa shape index (κ1) is 39.2. The SMILES string of the molecule is CC(=NCC12CC3(C)CC(C)(C1)CC(OCCNCCO)(C3)C2)C(=CN)c1ccc(N2CCc3cccc(C(=O)Nc4nc5ccccc5s4)c3C2)nc1C(=O)O. The molecule has 4 fully saturated rings. The number of thiazole rings is 1. The van der Waals surface area contributed by atoms with Crippen LogP contribution in [0.15, 0.2) is 65.8 Å². The summed E-state index contributed by atoms with van der Waals surface area (Å²) in [4.78, 5) is 42.9. The van der Waals surface area contributed by atoms with Gasteiger partial charge in [0.15, 0.2) is 10.8 Å². The van der Waals surface area contributed by atoms with Gasteiger partial charge in [-0.05, 0) is 110 Å². The highest BCUT2D eigenvalue weighted by Gasteiger charge is 2.66. The van der Waals surface area contributed by atoms with Crippen LogP contribution < -0.4 is 21.3 Å². The summed E-state index contributed by atoms with van der Waals surface area (Å²) >= 11 is 1.43. The number of carboxylic acid groups (broad SMARTS) is 1. The van der Waals surface area contributed by atoms with Crippen molar-refractivity contribution in [2.24, 2.45) is 27.0 Å². The Bertz CT molecular complexity index is 2220. The number of aromatic carboxylic acids is 1. The van der Waals surface area contributed by atoms with E-state index in [4.69, 9.17) is 25.6 Å². The number of benzene rings is 2. The molecule has 4 aliphatic carbocycles. The second-order valence-corrected chi connectivity index (χ2v) is 18.6. The molecule has 4 aromatic rings. The van der Waals surface area contributed by atoms with E-state index < -0.39 is 5.97 Å². The molecule has 6 N–H and O–H groups in total. The standard InChI is InChI=1S/C44H53N7O5S/c1-28(47-27-43-22-41(2)21-42(3,23-43)25-44(24-41,26-43)56-18-15-46-14-17-52)32(19-45)30-11-12-36(49-37(30)39(54)55)51-16-13-29-7-6-8-31(33(29)20-51)38(53)50-40-48-34-9-4-5-10-35(34)57-40/h4-12,19,46,52H,13-18,20-27,45H2,1-3H3,(H,54,55)(H,48,50,53). The number of nitrogens with zero attached hydrogens (tertiary/aromatic N) is 4. The van der Waals surface area contributed by atoms with Crippen LogP contribution in [-0.4, -0.2) is 82.8 Å². The fraction of sp³-hybridized carbons (Fsp3) is 0.477. The third-order valence-electron chi connectivity index (χ3n) is 12.6. The Hall–Kier alpha value is -4.69. The molecule has 300 valence electrons. The largest absolute Gasteiger partial charge is 0.476 e. The van der Waals surface area contributed by atoms with Crippen LogP contribution in [0.2, 0.25) is 0 Å². The number of nitrogens with two attached hydrogens (primary N) is 1. The van der Waals surface area contributed by atoms with Gasteiger partial charge in [-0.2, -0.15) is 0 Å². The topological polar surface area (TPSA) is 175 Å². The van der Waals surface area contributed by atoms with Gasteiger partial charge < -0.3 is 30.9 Å². The van der Waals surface area contributed by atoms with E-state index in [2.05, 4.69) is 29.5 Å². The lowest BCUT2D eigenvalue weighted by molar-refractivity contribution is -0.241. The van der Waals surface area contributed by atoms with Gasteiger partial charge in [0.2, 0.25) is 0 Å². The van der Waals surface area contributed by atoms with Crippen LogP contribution in [0, 0.1) is 16.2 Å². The number of para-hydroxylation sites is 1. The molecule has 2 unspecified atom stereocenters. The van der Waals surface area contributed by atoms with Crippen LogP contribution in [0.4, 0.5) is 10.9 Å². The molecule has 0 saturated heterocycles. The molecule has 57 heavy (non-hydrogen) atoms. The molecule has 4 bridgehead atoms. The van der Waals surface area contributed by atoms with Crippen LogP contribution in [0.1, 0.15) is 96.8 Å². The molecule has 0 radical (unpaired) electrons. The Morgan fingerprint density at radius 2 is 1.77 bits per heavy atom. The van der Waals surface area contributed by atoms with Crippen LogP contribution in [0.5, 0.6) is 0 Å². The zero-order chi connectivity index (χ0) is 40.0. The summed E-state index contributed by atoms with van der Waals surface area (Å²) in [7, 11) is 0. The number of aliphatic imine (C=N–C) groups is 1. The molecule has 1 aliphatic heterocycles. The van der Waals surface area contributed by atoms with Gasteiger partial charge in [-0.25, -0.2) is 14.8 Å². The van der Waals surface area contributed by atoms with Crippen molar-refractivity contribution < 1.29 is 24.5 Å². The molecular weight excluding hydrogens is 739 g/mol. The number of ether oxygens (including phenoxy) is 1. The first-order chi connectivity index (χ1) is 27.3. The van der Waals surface area contributed by atoms with E-state index >= 15 is 0 Å². The van der Waals surface area contributed by atoms with E-state index in [0.717, 1.165) is 53.4 Å². The zero-order valence-corrected chi connectivity index (χ0v) is 33.9. The predicted octanol–water partition coefficient (Wildman–Crippen LogP) is 6.68. The number of rotatable bonds is 14. The van der Waals surface area contributed by atoms with Crippen LogP contribution in [0.3, 0.4) is 0 Å². The fourth-order valence-electron chi connectivity index (χ4n) is 11.6. The lowest BCUT2D eigenvalue weighted by Gasteiger charge is -2.69. The van der Waals surface area contributed by atoms with E-state index in [0.29, 0.717) is 79.1 Å². The first-order valence-corrected chi connectivity index (χ1v) is 20.8. The van der Waals surface area contributed by atoms with Gasteiger partial charge in [-0.1, -0.05) is 49.4 Å². The number of pyridine rings is 1. The molecule has 4 saturated carbocycles. The molecule has 3 heterocycles. The van der Waals surface area contributed by atoms with Gasteiger partial charge in [0.25, 0.3) is 5.91 Å². The van der Waals surface area contributed by atoms with Crippen molar-refractivity contribution in [3.8, 4) is 0 Å². The lowest BCUT2D eigenvalue weighted by Crippen LogP contribution is -2.64. The highest BCUT2D eigenvalue weighted by molar-refractivity contribution is 7.22. The summed E-state index contributed by atoms with van der Waals surface area (Å²) in [6.07, 6.45) is 8.53. The fourth-order valence-corrected chi connectivity index (χ4v) is 12.4. The number of aliphatic hydroxyl groups excluding tert-OH is 1. The number of carbonyl (C=O) groups is 2. The molecular formula is C44H53N7O5S. The van der Waals surface area contributed by atoms with E-state index in [1.54, 1.807) is 6.07 Å². The Labute approximate surface area is 337 Å². The Morgan fingerprint density at radius 3 is 2.51 bits per heavy atom. The number of carbonyl (C=O) groups excluding carboxylic acids is 1. The van der Waals surface area contributed by atoms with Crippen LogP contribution in [0.25, 0.3) is 15.8 Å². The summed E-state index contributed by atoms with van der Waals surface area (Å²) < 4.78 is 7.74. The van der Waals surface area contributed by atoms with Crippen molar-refractivity contribution in [3.63, 3.8) is 0 Å². The number of aliphatic hydroxyl groups is 1. The molecule has 0 spiro atoms. The maximum absolute atomic E-state index is 13.6. The predicted molar refractivity (Wildman–Crippen MR) is 225 cm³/mol. The first-order valence-electron chi connectivity index (χ1n) is 20.0. The number of fused-ring (bicyclic) bond motifs is 2. The summed E-state index contributed by atoms with van der Waals surface area (Å²) in [5.74, 6) is -0.872. The van der Waals surface area contributed by atoms with E-state index in [1.807, 2.05) is 60.4 Å². The van der Waals surface area contributed by atoms with Gasteiger partial charge in [-0.15, -0.1) is 0 Å². The Kier molecular flexibility index (Phi) is 10.5. The van der Waals surface area contributed by atoms with Crippen LogP contribution >= 0.6 is 11.3 Å². The molecule has 2 aromatic carbocycles. The van der Waals surface area contributed by atoms with Crippen molar-refractivity contribution >= 4 is 55.7 Å². The van der Waals surface area contributed by atoms with Gasteiger partial charge in [0, 0.05) is 61.3 Å². The second-order valence-electron chi connectivity index (χ2n) is 17.6. The highest BCUT2D eigenvalue weighted by atomic mass is 32.1. The Morgan fingerprint density at radius 1 is 0.982 bits per heavy atom. The monoisotopic (exact) mass is 791 g/mol. The number of nitrogens with one attached hydrogen (secondary N) is 2. The number of amides is 1. The number of hydrogen-bond donors (Lipinski definition) is 5. The molecule has 1 amide bonds. The molecule has 9 rings (SSSR count). The second kappa shape index (κ2) is 15.2. The molecule has 5 aliphatic rings. The van der Waals surface area contributed by atoms with Gasteiger partial charge in [-0.3, -0.25) is 15.1 Å². The van der Waals surface area contributed by atoms with Gasteiger partial charge in [0.05, 0.1) is 29.0 Å². The van der Waals surface area contributed by atoms with Crippen molar-refractivity contribution in [3.05, 3.63) is 88.7 Å². The maximum Gasteiger partial charge on any atom is 0.355 e. The van der Waals surface area contributed by atoms with Crippen molar-refractivity contribution in [2.75, 3.05) is 49.6 Å². The van der Waals surface area contributed by atoms with E-state index in [-0.39, 0.29) is 40.1 Å². The van der Waals surface area contributed by atoms with Gasteiger partial charge in [0.1, 0.15) is 5.82 Å². The zero-order valence-electron chi connectivity index (χ0n) is 33.1. The summed E-state index contributed by atoms with van der Waals surface area (Å²) in [6.45, 7) is 10.3. The smallest absolute Gasteiger partial charge is 0.355 e. The molecule has 2 aromatic heterocycles. The average Bonchev–Trinajstić information content (AvgIpc) is 3.58. The third kappa shape index (κ3) is 7.82. The minimum absolute atomic E-state index is 0.0236. The quantitative estimate of drug-likeness (QED) is 0.0684. The lowest BCUT2D eigenvalue weighted by atomic mass is 9.39. The van der Waals surface area contributed by atoms with Crippen molar-refractivity contribution in [1.82, 2.24) is 15.3 Å². The molecule has 13 heteroatoms. The van der Waals surface area contributed by atoms with Crippen LogP contribution in [-0.2, 0) is 17.7 Å². The third-order valence-corrected chi connectivity index (χ3v) is 13.5.